The third-order valence-corrected chi connectivity index (χ3v) is 4.23. The Hall–Kier alpha value is -3.42. The van der Waals surface area contributed by atoms with E-state index in [1.54, 1.807) is 65.3 Å². The minimum Gasteiger partial charge on any atom is -0.496 e. The Balaban J connectivity index is 2.15. The van der Waals surface area contributed by atoms with Crippen LogP contribution in [0.1, 0.15) is 31.9 Å². The molecule has 0 saturated carbocycles. The fraction of sp³-hybridized carbons (Fsp3) is 0.391. The quantitative estimate of drug-likeness (QED) is 0.622. The minimum absolute atomic E-state index is 0.0697. The molecule has 0 saturated heterocycles. The van der Waals surface area contributed by atoms with Crippen LogP contribution in [0.25, 0.3) is 0 Å². The van der Waals surface area contributed by atoms with Crippen LogP contribution in [-0.2, 0) is 22.6 Å². The standard InChI is InChI=1S/C23H29NO7/c1-23(2,3)31-22(27)24-17(21(25)26)13-15-10-11-18(28-4)16(12-15)14-30-20-9-7-6-8-19(20)29-5/h6-12,17H,13-14H2,1-5H3,(H,24,27)(H,25,26). The molecule has 1 unspecified atom stereocenters. The van der Waals surface area contributed by atoms with Gasteiger partial charge in [0.05, 0.1) is 14.2 Å². The van der Waals surface area contributed by atoms with Crippen molar-refractivity contribution < 1.29 is 33.6 Å². The Morgan fingerprint density at radius 3 is 2.23 bits per heavy atom. The van der Waals surface area contributed by atoms with E-state index >= 15 is 0 Å². The molecule has 2 aromatic carbocycles. The summed E-state index contributed by atoms with van der Waals surface area (Å²) in [5, 5.41) is 11.9. The van der Waals surface area contributed by atoms with E-state index in [1.807, 2.05) is 12.1 Å². The van der Waals surface area contributed by atoms with Crippen LogP contribution in [0.5, 0.6) is 17.2 Å². The average Bonchev–Trinajstić information content (AvgIpc) is 2.70. The molecule has 1 amide bonds. The number of carbonyl (C=O) groups is 2. The zero-order valence-corrected chi connectivity index (χ0v) is 18.4. The van der Waals surface area contributed by atoms with Gasteiger partial charge in [-0.2, -0.15) is 0 Å². The Labute approximate surface area is 182 Å². The van der Waals surface area contributed by atoms with Gasteiger partial charge in [0.1, 0.15) is 24.0 Å². The van der Waals surface area contributed by atoms with Crippen LogP contribution in [-0.4, -0.2) is 43.0 Å². The first-order valence-electron chi connectivity index (χ1n) is 9.77. The number of carboxylic acid groups (broad SMARTS) is 1. The molecule has 31 heavy (non-hydrogen) atoms. The summed E-state index contributed by atoms with van der Waals surface area (Å²) in [5.41, 5.74) is 0.700. The molecule has 0 aromatic heterocycles. The fourth-order valence-electron chi connectivity index (χ4n) is 2.85. The molecule has 168 valence electrons. The first-order chi connectivity index (χ1) is 14.6. The number of alkyl carbamates (subject to hydrolysis) is 1. The number of aliphatic carboxylic acids is 1. The highest BCUT2D eigenvalue weighted by Gasteiger charge is 2.24. The molecular weight excluding hydrogens is 402 g/mol. The van der Waals surface area contributed by atoms with Gasteiger partial charge < -0.3 is 29.4 Å². The number of benzene rings is 2. The van der Waals surface area contributed by atoms with Crippen LogP contribution >= 0.6 is 0 Å². The zero-order valence-electron chi connectivity index (χ0n) is 18.4. The van der Waals surface area contributed by atoms with Crippen LogP contribution < -0.4 is 19.5 Å². The van der Waals surface area contributed by atoms with E-state index in [9.17, 15) is 14.7 Å². The number of ether oxygens (including phenoxy) is 4. The second-order valence-electron chi connectivity index (χ2n) is 7.83. The monoisotopic (exact) mass is 431 g/mol. The molecule has 0 aliphatic heterocycles. The van der Waals surface area contributed by atoms with Gasteiger partial charge in [0.2, 0.25) is 0 Å². The number of amides is 1. The molecule has 0 radical (unpaired) electrons. The Morgan fingerprint density at radius 1 is 1.00 bits per heavy atom. The minimum atomic E-state index is -1.16. The summed E-state index contributed by atoms with van der Waals surface area (Å²) in [4.78, 5) is 23.7. The summed E-state index contributed by atoms with van der Waals surface area (Å²) in [6.45, 7) is 5.31. The SMILES string of the molecule is COc1ccc(CC(NC(=O)OC(C)(C)C)C(=O)O)cc1COc1ccccc1OC. The highest BCUT2D eigenvalue weighted by Crippen LogP contribution is 2.28. The topological polar surface area (TPSA) is 103 Å². The third-order valence-electron chi connectivity index (χ3n) is 4.23. The van der Waals surface area contributed by atoms with Crippen molar-refractivity contribution in [3.05, 3.63) is 53.6 Å². The molecule has 2 N–H and O–H groups in total. The van der Waals surface area contributed by atoms with Gasteiger partial charge in [-0.25, -0.2) is 9.59 Å². The predicted octanol–water partition coefficient (Wildman–Crippen LogP) is 3.80. The van der Waals surface area contributed by atoms with Crippen LogP contribution in [0.4, 0.5) is 4.79 Å². The van der Waals surface area contributed by atoms with Crippen molar-refractivity contribution in [2.75, 3.05) is 14.2 Å². The maximum absolute atomic E-state index is 12.0. The van der Waals surface area contributed by atoms with Crippen molar-refractivity contribution in [1.29, 1.82) is 0 Å². The molecular formula is C23H29NO7. The van der Waals surface area contributed by atoms with E-state index in [0.29, 0.717) is 22.8 Å². The number of hydrogen-bond acceptors (Lipinski definition) is 6. The lowest BCUT2D eigenvalue weighted by atomic mass is 10.0. The van der Waals surface area contributed by atoms with Gasteiger partial charge in [-0.3, -0.25) is 0 Å². The van der Waals surface area contributed by atoms with Crippen LogP contribution in [0.3, 0.4) is 0 Å². The van der Waals surface area contributed by atoms with Crippen molar-refractivity contribution in [2.24, 2.45) is 0 Å². The lowest BCUT2D eigenvalue weighted by Crippen LogP contribution is -2.44. The van der Waals surface area contributed by atoms with Gasteiger partial charge in [0.25, 0.3) is 0 Å². The van der Waals surface area contributed by atoms with E-state index in [4.69, 9.17) is 18.9 Å². The normalized spacial score (nSPS) is 11.9. The number of methoxy groups -OCH3 is 2. The maximum Gasteiger partial charge on any atom is 0.408 e. The lowest BCUT2D eigenvalue weighted by molar-refractivity contribution is -0.139. The van der Waals surface area contributed by atoms with Crippen molar-refractivity contribution in [2.45, 2.75) is 45.4 Å². The fourth-order valence-corrected chi connectivity index (χ4v) is 2.85. The van der Waals surface area contributed by atoms with Gasteiger partial charge in [0.15, 0.2) is 11.5 Å². The van der Waals surface area contributed by atoms with E-state index in [1.165, 1.54) is 0 Å². The number of nitrogens with one attached hydrogen (secondary N) is 1. The molecule has 0 spiro atoms. The van der Waals surface area contributed by atoms with E-state index < -0.39 is 23.7 Å². The first-order valence-corrected chi connectivity index (χ1v) is 9.77. The number of hydrogen-bond donors (Lipinski definition) is 2. The van der Waals surface area contributed by atoms with Crippen molar-refractivity contribution in [3.63, 3.8) is 0 Å². The Kier molecular flexibility index (Phi) is 8.13. The van der Waals surface area contributed by atoms with Crippen molar-refractivity contribution >= 4 is 12.1 Å². The number of carbonyl (C=O) groups excluding carboxylic acids is 1. The molecule has 0 bridgehead atoms. The highest BCUT2D eigenvalue weighted by molar-refractivity contribution is 5.80. The molecule has 1 atom stereocenters. The second kappa shape index (κ2) is 10.6. The second-order valence-corrected chi connectivity index (χ2v) is 7.83. The summed E-state index contributed by atoms with van der Waals surface area (Å²) in [5.74, 6) is 0.622. The summed E-state index contributed by atoms with van der Waals surface area (Å²) in [6.07, 6.45) is -0.714. The van der Waals surface area contributed by atoms with E-state index in [0.717, 1.165) is 5.56 Å². The van der Waals surface area contributed by atoms with Gasteiger partial charge >= 0.3 is 12.1 Å². The Morgan fingerprint density at radius 2 is 1.65 bits per heavy atom. The summed E-state index contributed by atoms with van der Waals surface area (Å²) < 4.78 is 21.7. The van der Waals surface area contributed by atoms with Crippen LogP contribution in [0.15, 0.2) is 42.5 Å². The predicted molar refractivity (Wildman–Crippen MR) is 115 cm³/mol. The smallest absolute Gasteiger partial charge is 0.408 e. The molecule has 0 heterocycles. The number of rotatable bonds is 9. The van der Waals surface area contributed by atoms with Gasteiger partial charge in [-0.05, 0) is 50.6 Å². The van der Waals surface area contributed by atoms with Gasteiger partial charge in [-0.1, -0.05) is 18.2 Å². The van der Waals surface area contributed by atoms with Gasteiger partial charge in [-0.15, -0.1) is 0 Å². The molecule has 0 fully saturated rings. The zero-order chi connectivity index (χ0) is 23.0. The molecule has 2 rings (SSSR count). The van der Waals surface area contributed by atoms with E-state index in [2.05, 4.69) is 5.32 Å². The summed E-state index contributed by atoms with van der Waals surface area (Å²) in [7, 11) is 3.11. The average molecular weight is 431 g/mol. The molecule has 8 nitrogen and oxygen atoms in total. The number of carboxylic acids is 1. The van der Waals surface area contributed by atoms with Crippen molar-refractivity contribution in [3.8, 4) is 17.2 Å². The first kappa shape index (κ1) is 23.9. The molecule has 0 aliphatic rings. The summed E-state index contributed by atoms with van der Waals surface area (Å²) >= 11 is 0. The van der Waals surface area contributed by atoms with Crippen LogP contribution in [0.2, 0.25) is 0 Å². The maximum atomic E-state index is 12.0. The summed E-state index contributed by atoms with van der Waals surface area (Å²) in [6, 6.07) is 11.4. The largest absolute Gasteiger partial charge is 0.496 e. The number of para-hydroxylation sites is 2. The lowest BCUT2D eigenvalue weighted by Gasteiger charge is -2.22. The van der Waals surface area contributed by atoms with E-state index in [-0.39, 0.29) is 13.0 Å². The third kappa shape index (κ3) is 7.40. The molecule has 8 heteroatoms. The highest BCUT2D eigenvalue weighted by atomic mass is 16.6. The molecule has 2 aromatic rings. The van der Waals surface area contributed by atoms with Gasteiger partial charge in [0, 0.05) is 12.0 Å². The Bertz CT molecular complexity index is 905. The van der Waals surface area contributed by atoms with Crippen LogP contribution in [0, 0.1) is 0 Å². The van der Waals surface area contributed by atoms with Crippen molar-refractivity contribution in [1.82, 2.24) is 5.32 Å². The molecule has 0 aliphatic carbocycles.